The first kappa shape index (κ1) is 11.7. The molecule has 0 atom stereocenters. The van der Waals surface area contributed by atoms with Crippen LogP contribution in [0.2, 0.25) is 5.02 Å². The molecule has 17 heavy (non-hydrogen) atoms. The number of aromatic nitrogens is 2. The van der Waals surface area contributed by atoms with Crippen LogP contribution in [0.5, 0.6) is 5.75 Å². The van der Waals surface area contributed by atoms with E-state index in [9.17, 15) is 4.79 Å². The minimum Gasteiger partial charge on any atom is -0.497 e. The predicted molar refractivity (Wildman–Crippen MR) is 65.6 cm³/mol. The van der Waals surface area contributed by atoms with E-state index in [2.05, 4.69) is 9.97 Å². The van der Waals surface area contributed by atoms with Crippen LogP contribution in [0.15, 0.2) is 24.4 Å². The summed E-state index contributed by atoms with van der Waals surface area (Å²) in [5.41, 5.74) is 1.50. The molecular formula is C12H11ClN2O2. The van der Waals surface area contributed by atoms with Gasteiger partial charge in [0.15, 0.2) is 11.6 Å². The molecule has 0 saturated heterocycles. The number of H-pyrrole nitrogens is 1. The minimum atomic E-state index is -0.110. The Kier molecular flexibility index (Phi) is 3.15. The molecular weight excluding hydrogens is 240 g/mol. The Morgan fingerprint density at radius 2 is 2.24 bits per heavy atom. The van der Waals surface area contributed by atoms with E-state index >= 15 is 0 Å². The summed E-state index contributed by atoms with van der Waals surface area (Å²) in [6.07, 6.45) is 1.59. The zero-order valence-electron chi connectivity index (χ0n) is 9.45. The van der Waals surface area contributed by atoms with Crippen LogP contribution in [0, 0.1) is 0 Å². The summed E-state index contributed by atoms with van der Waals surface area (Å²) >= 11 is 6.12. The molecule has 5 heteroatoms. The Labute approximate surface area is 104 Å². The standard InChI is InChI=1S/C12H11ClN2O2/c1-7(16)12-14-6-11(15-12)9-4-3-8(17-2)5-10(9)13/h3-6H,1-2H3,(H,14,15). The highest BCUT2D eigenvalue weighted by Gasteiger charge is 2.10. The van der Waals surface area contributed by atoms with Gasteiger partial charge in [0.1, 0.15) is 5.75 Å². The van der Waals surface area contributed by atoms with Gasteiger partial charge in [0.25, 0.3) is 0 Å². The lowest BCUT2D eigenvalue weighted by Gasteiger charge is -2.04. The normalized spacial score (nSPS) is 10.3. The number of carbonyl (C=O) groups is 1. The topological polar surface area (TPSA) is 55.0 Å². The molecule has 0 bridgehead atoms. The lowest BCUT2D eigenvalue weighted by molar-refractivity contribution is 0.100. The van der Waals surface area contributed by atoms with Crippen molar-refractivity contribution >= 4 is 17.4 Å². The van der Waals surface area contributed by atoms with Gasteiger partial charge in [-0.05, 0) is 18.2 Å². The van der Waals surface area contributed by atoms with Crippen molar-refractivity contribution in [3.8, 4) is 17.0 Å². The predicted octanol–water partition coefficient (Wildman–Crippen LogP) is 2.94. The molecule has 0 aliphatic rings. The van der Waals surface area contributed by atoms with Gasteiger partial charge in [-0.15, -0.1) is 0 Å². The molecule has 88 valence electrons. The number of halogens is 1. The zero-order valence-corrected chi connectivity index (χ0v) is 10.2. The van der Waals surface area contributed by atoms with Crippen molar-refractivity contribution < 1.29 is 9.53 Å². The van der Waals surface area contributed by atoms with E-state index in [0.29, 0.717) is 22.3 Å². The molecule has 0 fully saturated rings. The van der Waals surface area contributed by atoms with Crippen LogP contribution in [0.25, 0.3) is 11.3 Å². The van der Waals surface area contributed by atoms with Crippen LogP contribution in [-0.4, -0.2) is 22.9 Å². The number of imidazole rings is 1. The van der Waals surface area contributed by atoms with Crippen LogP contribution in [0.1, 0.15) is 17.5 Å². The lowest BCUT2D eigenvalue weighted by atomic mass is 10.1. The SMILES string of the molecule is COc1ccc(-c2cnc(C(C)=O)[nH]2)c(Cl)c1. The molecule has 0 aliphatic carbocycles. The lowest BCUT2D eigenvalue weighted by Crippen LogP contribution is -1.94. The van der Waals surface area contributed by atoms with E-state index < -0.39 is 0 Å². The van der Waals surface area contributed by atoms with Crippen LogP contribution in [0.3, 0.4) is 0 Å². The summed E-state index contributed by atoms with van der Waals surface area (Å²) in [5.74, 6) is 0.901. The number of benzene rings is 1. The molecule has 0 amide bonds. The molecule has 0 spiro atoms. The molecule has 0 unspecified atom stereocenters. The number of methoxy groups -OCH3 is 1. The highest BCUT2D eigenvalue weighted by molar-refractivity contribution is 6.33. The van der Waals surface area contributed by atoms with Crippen molar-refractivity contribution in [2.75, 3.05) is 7.11 Å². The number of nitrogens with one attached hydrogen (secondary N) is 1. The Morgan fingerprint density at radius 1 is 1.47 bits per heavy atom. The first-order chi connectivity index (χ1) is 8.11. The van der Waals surface area contributed by atoms with E-state index in [0.717, 1.165) is 5.56 Å². The second-order valence-corrected chi connectivity index (χ2v) is 3.95. The molecule has 1 aromatic heterocycles. The van der Waals surface area contributed by atoms with Gasteiger partial charge in [-0.25, -0.2) is 4.98 Å². The fraction of sp³-hybridized carbons (Fsp3) is 0.167. The van der Waals surface area contributed by atoms with Gasteiger partial charge in [-0.3, -0.25) is 4.79 Å². The Bertz CT molecular complexity index is 563. The summed E-state index contributed by atoms with van der Waals surface area (Å²) in [7, 11) is 1.58. The van der Waals surface area contributed by atoms with Crippen molar-refractivity contribution in [2.24, 2.45) is 0 Å². The Balaban J connectivity index is 2.42. The van der Waals surface area contributed by atoms with Crippen molar-refractivity contribution in [1.29, 1.82) is 0 Å². The molecule has 2 rings (SSSR count). The fourth-order valence-corrected chi connectivity index (χ4v) is 1.75. The van der Waals surface area contributed by atoms with Crippen LogP contribution in [-0.2, 0) is 0 Å². The molecule has 4 nitrogen and oxygen atoms in total. The summed E-state index contributed by atoms with van der Waals surface area (Å²) < 4.78 is 5.06. The van der Waals surface area contributed by atoms with Crippen LogP contribution >= 0.6 is 11.6 Å². The quantitative estimate of drug-likeness (QED) is 0.852. The van der Waals surface area contributed by atoms with Crippen LogP contribution in [0.4, 0.5) is 0 Å². The van der Waals surface area contributed by atoms with Gasteiger partial charge in [-0.2, -0.15) is 0 Å². The number of ether oxygens (including phenoxy) is 1. The third-order valence-electron chi connectivity index (χ3n) is 2.38. The van der Waals surface area contributed by atoms with Gasteiger partial charge < -0.3 is 9.72 Å². The highest BCUT2D eigenvalue weighted by atomic mass is 35.5. The van der Waals surface area contributed by atoms with E-state index in [4.69, 9.17) is 16.3 Å². The first-order valence-corrected chi connectivity index (χ1v) is 5.39. The average molecular weight is 251 g/mol. The number of ketones is 1. The molecule has 2 aromatic rings. The summed E-state index contributed by atoms with van der Waals surface area (Å²) in [4.78, 5) is 18.0. The molecule has 0 saturated carbocycles. The van der Waals surface area contributed by atoms with Gasteiger partial charge in [0.05, 0.1) is 24.0 Å². The average Bonchev–Trinajstić information content (AvgIpc) is 2.78. The van der Waals surface area contributed by atoms with E-state index in [1.54, 1.807) is 25.4 Å². The Hall–Kier alpha value is -1.81. The van der Waals surface area contributed by atoms with Gasteiger partial charge in [0, 0.05) is 12.5 Å². The second kappa shape index (κ2) is 4.59. The molecule has 1 aromatic carbocycles. The minimum absolute atomic E-state index is 0.110. The highest BCUT2D eigenvalue weighted by Crippen LogP contribution is 2.29. The maximum atomic E-state index is 11.1. The van der Waals surface area contributed by atoms with Gasteiger partial charge in [-0.1, -0.05) is 11.6 Å². The van der Waals surface area contributed by atoms with Crippen LogP contribution < -0.4 is 4.74 Å². The third-order valence-corrected chi connectivity index (χ3v) is 2.69. The van der Waals surface area contributed by atoms with Crippen molar-refractivity contribution in [1.82, 2.24) is 9.97 Å². The largest absolute Gasteiger partial charge is 0.497 e. The smallest absolute Gasteiger partial charge is 0.194 e. The fourth-order valence-electron chi connectivity index (χ4n) is 1.48. The number of hydrogen-bond acceptors (Lipinski definition) is 3. The van der Waals surface area contributed by atoms with Gasteiger partial charge in [0.2, 0.25) is 0 Å². The number of carbonyl (C=O) groups excluding carboxylic acids is 1. The Morgan fingerprint density at radius 3 is 2.76 bits per heavy atom. The number of hydrogen-bond donors (Lipinski definition) is 1. The van der Waals surface area contributed by atoms with E-state index in [1.165, 1.54) is 6.92 Å². The molecule has 0 radical (unpaired) electrons. The molecule has 0 aliphatic heterocycles. The summed E-state index contributed by atoms with van der Waals surface area (Å²) in [6, 6.07) is 5.33. The number of aromatic amines is 1. The third kappa shape index (κ3) is 2.31. The van der Waals surface area contributed by atoms with Crippen molar-refractivity contribution in [3.63, 3.8) is 0 Å². The zero-order chi connectivity index (χ0) is 12.4. The monoisotopic (exact) mass is 250 g/mol. The van der Waals surface area contributed by atoms with Crippen molar-refractivity contribution in [2.45, 2.75) is 6.92 Å². The molecule has 1 heterocycles. The molecule has 1 N–H and O–H groups in total. The number of nitrogens with zero attached hydrogens (tertiary/aromatic N) is 1. The first-order valence-electron chi connectivity index (χ1n) is 5.01. The van der Waals surface area contributed by atoms with E-state index in [1.807, 2.05) is 6.07 Å². The number of rotatable bonds is 3. The summed E-state index contributed by atoms with van der Waals surface area (Å²) in [5, 5.41) is 0.545. The van der Waals surface area contributed by atoms with Crippen molar-refractivity contribution in [3.05, 3.63) is 35.2 Å². The number of Topliss-reactive ketones (excluding diaryl/α,β-unsaturated/α-hetero) is 1. The second-order valence-electron chi connectivity index (χ2n) is 3.55. The summed E-state index contributed by atoms with van der Waals surface area (Å²) in [6.45, 7) is 1.46. The van der Waals surface area contributed by atoms with E-state index in [-0.39, 0.29) is 5.78 Å². The van der Waals surface area contributed by atoms with Gasteiger partial charge >= 0.3 is 0 Å². The maximum absolute atomic E-state index is 11.1. The maximum Gasteiger partial charge on any atom is 0.194 e.